The number of nitro groups is 1. The van der Waals surface area contributed by atoms with Gasteiger partial charge in [-0.25, -0.2) is 24.9 Å². The molecule has 8 aromatic rings. The molecule has 0 aliphatic carbocycles. The molecule has 4 heterocycles. The van der Waals surface area contributed by atoms with Crippen molar-refractivity contribution in [2.24, 2.45) is 9.98 Å². The van der Waals surface area contributed by atoms with Gasteiger partial charge in [-0.2, -0.15) is 0 Å². The molecular formula is C46H32Cl2N8O4. The SMILES string of the molecule is Nc1ccc(Oc2ccnc(N=C(c3ccccc3)c3ccccc3)c2Cl)cn1.O=[N+]([O-])c1ccc(Oc2ccnc(N=C(c3ccccc3)c3ccccc3)c2Cl)cn1. The average molecular weight is 832 g/mol. The van der Waals surface area contributed by atoms with E-state index in [-0.39, 0.29) is 16.7 Å². The zero-order valence-corrected chi connectivity index (χ0v) is 32.9. The quantitative estimate of drug-likeness (QED) is 0.0758. The van der Waals surface area contributed by atoms with Gasteiger partial charge in [0.1, 0.15) is 21.6 Å². The van der Waals surface area contributed by atoms with Gasteiger partial charge in [-0.1, -0.05) is 145 Å². The lowest BCUT2D eigenvalue weighted by Crippen LogP contribution is -2.03. The Balaban J connectivity index is 0.000000182. The third-order valence-electron chi connectivity index (χ3n) is 8.42. The van der Waals surface area contributed by atoms with Crippen molar-refractivity contribution in [2.45, 2.75) is 0 Å². The van der Waals surface area contributed by atoms with E-state index < -0.39 is 4.92 Å². The fourth-order valence-electron chi connectivity index (χ4n) is 5.58. The van der Waals surface area contributed by atoms with E-state index in [9.17, 15) is 10.1 Å². The Morgan fingerprint density at radius 1 is 0.517 bits per heavy atom. The summed E-state index contributed by atoms with van der Waals surface area (Å²) in [6.45, 7) is 0. The minimum atomic E-state index is -0.579. The predicted molar refractivity (Wildman–Crippen MR) is 235 cm³/mol. The van der Waals surface area contributed by atoms with Crippen molar-refractivity contribution in [2.75, 3.05) is 5.73 Å². The summed E-state index contributed by atoms with van der Waals surface area (Å²) in [5, 5.41) is 11.3. The lowest BCUT2D eigenvalue weighted by atomic mass is 10.0. The highest BCUT2D eigenvalue weighted by Crippen LogP contribution is 2.37. The first-order valence-electron chi connectivity index (χ1n) is 18.2. The van der Waals surface area contributed by atoms with Crippen LogP contribution in [-0.2, 0) is 0 Å². The highest BCUT2D eigenvalue weighted by atomic mass is 35.5. The van der Waals surface area contributed by atoms with Crippen LogP contribution < -0.4 is 15.2 Å². The summed E-state index contributed by atoms with van der Waals surface area (Å²) in [5.41, 5.74) is 10.9. The van der Waals surface area contributed by atoms with Gasteiger partial charge in [0.2, 0.25) is 0 Å². The van der Waals surface area contributed by atoms with Crippen LogP contribution in [0.1, 0.15) is 22.3 Å². The Kier molecular flexibility index (Phi) is 13.2. The van der Waals surface area contributed by atoms with Gasteiger partial charge in [0.25, 0.3) is 0 Å². The van der Waals surface area contributed by atoms with E-state index in [0.29, 0.717) is 45.4 Å². The van der Waals surface area contributed by atoms with Crippen LogP contribution in [0.25, 0.3) is 0 Å². The molecule has 60 heavy (non-hydrogen) atoms. The Morgan fingerprint density at radius 2 is 0.900 bits per heavy atom. The van der Waals surface area contributed by atoms with Crippen LogP contribution in [0, 0.1) is 10.1 Å². The van der Waals surface area contributed by atoms with Crippen LogP contribution in [-0.4, -0.2) is 36.3 Å². The number of halogens is 2. The molecule has 14 heteroatoms. The molecule has 0 atom stereocenters. The largest absolute Gasteiger partial charge is 0.454 e. The zero-order chi connectivity index (χ0) is 41.7. The summed E-state index contributed by atoms with van der Waals surface area (Å²) in [7, 11) is 0. The number of hydrogen-bond acceptors (Lipinski definition) is 11. The summed E-state index contributed by atoms with van der Waals surface area (Å²) < 4.78 is 11.6. The van der Waals surface area contributed by atoms with E-state index in [1.54, 1.807) is 30.5 Å². The fraction of sp³-hybridized carbons (Fsp3) is 0. The molecule has 0 saturated carbocycles. The molecule has 2 N–H and O–H groups in total. The summed E-state index contributed by atoms with van der Waals surface area (Å²) in [4.78, 5) is 36.1. The summed E-state index contributed by atoms with van der Waals surface area (Å²) in [6.07, 6.45) is 5.94. The molecule has 4 aromatic heterocycles. The first kappa shape index (κ1) is 40.4. The minimum Gasteiger partial charge on any atom is -0.454 e. The van der Waals surface area contributed by atoms with Crippen LogP contribution in [0.3, 0.4) is 0 Å². The third kappa shape index (κ3) is 10.4. The number of nitrogens with zero attached hydrogens (tertiary/aromatic N) is 7. The number of benzene rings is 4. The Hall–Kier alpha value is -7.80. The third-order valence-corrected chi connectivity index (χ3v) is 9.13. The minimum absolute atomic E-state index is 0.213. The van der Waals surface area contributed by atoms with Gasteiger partial charge >= 0.3 is 5.82 Å². The number of pyridine rings is 4. The lowest BCUT2D eigenvalue weighted by Gasteiger charge is -2.10. The molecular weight excluding hydrogens is 799 g/mol. The molecule has 4 aromatic carbocycles. The zero-order valence-electron chi connectivity index (χ0n) is 31.4. The van der Waals surface area contributed by atoms with Crippen molar-refractivity contribution in [1.82, 2.24) is 19.9 Å². The van der Waals surface area contributed by atoms with Crippen molar-refractivity contribution in [3.05, 3.63) is 225 Å². The first-order chi connectivity index (χ1) is 29.3. The number of nitrogens with two attached hydrogens (primary N) is 1. The number of anilines is 1. The topological polar surface area (TPSA) is 164 Å². The van der Waals surface area contributed by atoms with Gasteiger partial charge in [0, 0.05) is 52.8 Å². The van der Waals surface area contributed by atoms with Crippen molar-refractivity contribution in [3.63, 3.8) is 0 Å². The molecule has 0 aliphatic rings. The molecule has 0 radical (unpaired) electrons. The van der Waals surface area contributed by atoms with Crippen molar-refractivity contribution >= 4 is 57.9 Å². The molecule has 0 aliphatic heterocycles. The standard InChI is InChI=1S/C23H15ClN4O3.C23H17ClN4O/c24-21-19(31-18-11-12-20(26-15-18)28(29)30)13-14-25-23(21)27-22(16-7-3-1-4-8-16)17-9-5-2-6-10-17;24-21-19(29-18-11-12-20(25)27-15-18)13-14-26-23(21)28-22(16-7-3-1-4-8-16)17-9-5-2-6-10-17/h1-15H;1-15H,(H2,25,27). The number of aliphatic imine (C=N–C) groups is 2. The van der Waals surface area contributed by atoms with Crippen LogP contribution >= 0.6 is 23.2 Å². The summed E-state index contributed by atoms with van der Waals surface area (Å²) >= 11 is 13.1. The molecule has 0 fully saturated rings. The normalized spacial score (nSPS) is 10.4. The molecule has 0 saturated heterocycles. The summed E-state index contributed by atoms with van der Waals surface area (Å²) in [5.74, 6) is 2.38. The number of aromatic nitrogens is 4. The average Bonchev–Trinajstić information content (AvgIpc) is 3.29. The van der Waals surface area contributed by atoms with Crippen LogP contribution in [0.5, 0.6) is 23.0 Å². The molecule has 294 valence electrons. The van der Waals surface area contributed by atoms with E-state index in [2.05, 4.69) is 19.9 Å². The maximum atomic E-state index is 10.8. The molecule has 0 bridgehead atoms. The number of hydrogen-bond donors (Lipinski definition) is 1. The van der Waals surface area contributed by atoms with Gasteiger partial charge in [-0.15, -0.1) is 0 Å². The van der Waals surface area contributed by atoms with E-state index >= 15 is 0 Å². The van der Waals surface area contributed by atoms with Gasteiger partial charge < -0.3 is 25.3 Å². The van der Waals surface area contributed by atoms with Crippen LogP contribution in [0.2, 0.25) is 10.0 Å². The van der Waals surface area contributed by atoms with Gasteiger partial charge in [0.15, 0.2) is 35.1 Å². The number of ether oxygens (including phenoxy) is 2. The number of rotatable bonds is 11. The molecule has 0 amide bonds. The predicted octanol–water partition coefficient (Wildman–Crippen LogP) is 11.7. The van der Waals surface area contributed by atoms with E-state index in [1.807, 2.05) is 121 Å². The summed E-state index contributed by atoms with van der Waals surface area (Å²) in [6, 6.07) is 48.6. The van der Waals surface area contributed by atoms with Gasteiger partial charge in [-0.3, -0.25) is 0 Å². The first-order valence-corrected chi connectivity index (χ1v) is 18.9. The second kappa shape index (κ2) is 19.6. The van der Waals surface area contributed by atoms with E-state index in [1.165, 1.54) is 30.7 Å². The van der Waals surface area contributed by atoms with E-state index in [4.69, 9.17) is 48.4 Å². The molecule has 8 rings (SSSR count). The molecule has 0 unspecified atom stereocenters. The smallest absolute Gasteiger partial charge is 0.363 e. The maximum absolute atomic E-state index is 10.8. The maximum Gasteiger partial charge on any atom is 0.363 e. The second-order valence-corrected chi connectivity index (χ2v) is 13.3. The van der Waals surface area contributed by atoms with Gasteiger partial charge in [0.05, 0.1) is 17.6 Å². The van der Waals surface area contributed by atoms with Crippen molar-refractivity contribution < 1.29 is 14.4 Å². The Labute approximate surface area is 354 Å². The van der Waals surface area contributed by atoms with Crippen LogP contribution in [0.15, 0.2) is 192 Å². The van der Waals surface area contributed by atoms with Crippen molar-refractivity contribution in [3.8, 4) is 23.0 Å². The highest BCUT2D eigenvalue weighted by molar-refractivity contribution is 6.35. The lowest BCUT2D eigenvalue weighted by molar-refractivity contribution is -0.389. The monoisotopic (exact) mass is 830 g/mol. The Bertz CT molecular complexity index is 2660. The van der Waals surface area contributed by atoms with Crippen LogP contribution in [0.4, 0.5) is 23.3 Å². The van der Waals surface area contributed by atoms with E-state index in [0.717, 1.165) is 28.0 Å². The fourth-order valence-corrected chi connectivity index (χ4v) is 5.96. The number of nitrogen functional groups attached to an aromatic ring is 1. The second-order valence-electron chi connectivity index (χ2n) is 12.5. The molecule has 12 nitrogen and oxygen atoms in total. The van der Waals surface area contributed by atoms with Crippen molar-refractivity contribution in [1.29, 1.82) is 0 Å². The highest BCUT2D eigenvalue weighted by Gasteiger charge is 2.16. The Morgan fingerprint density at radius 3 is 1.23 bits per heavy atom. The van der Waals surface area contributed by atoms with Gasteiger partial charge in [-0.05, 0) is 28.1 Å². The molecule has 0 spiro atoms.